The van der Waals surface area contributed by atoms with Crippen LogP contribution in [-0.2, 0) is 9.59 Å². The van der Waals surface area contributed by atoms with Crippen LogP contribution in [0.3, 0.4) is 0 Å². The van der Waals surface area contributed by atoms with Crippen molar-refractivity contribution in [3.8, 4) is 0 Å². The summed E-state index contributed by atoms with van der Waals surface area (Å²) in [6, 6.07) is -0.186. The van der Waals surface area contributed by atoms with E-state index in [2.05, 4.69) is 0 Å². The van der Waals surface area contributed by atoms with Gasteiger partial charge in [-0.15, -0.1) is 0 Å². The fraction of sp³-hybridized carbons (Fsp3) is 0.857. The Kier molecular flexibility index (Phi) is 6.28. The SMILES string of the molecule is CCC(C)N(CC(=O)O)C(=O)C1CCCCCC1N. The Morgan fingerprint density at radius 2 is 1.95 bits per heavy atom. The average Bonchev–Trinajstić information content (AvgIpc) is 2.58. The molecule has 0 saturated heterocycles. The maximum absolute atomic E-state index is 12.6. The first kappa shape index (κ1) is 16.0. The maximum Gasteiger partial charge on any atom is 0.323 e. The number of aliphatic carboxylic acids is 1. The van der Waals surface area contributed by atoms with Crippen molar-refractivity contribution in [1.82, 2.24) is 4.90 Å². The van der Waals surface area contributed by atoms with Crippen LogP contribution in [0, 0.1) is 5.92 Å². The smallest absolute Gasteiger partial charge is 0.323 e. The maximum atomic E-state index is 12.6. The van der Waals surface area contributed by atoms with Crippen LogP contribution in [0.15, 0.2) is 0 Å². The summed E-state index contributed by atoms with van der Waals surface area (Å²) in [5.41, 5.74) is 6.10. The zero-order valence-electron chi connectivity index (χ0n) is 12.0. The molecule has 0 aromatic heterocycles. The number of carboxylic acid groups (broad SMARTS) is 1. The van der Waals surface area contributed by atoms with E-state index in [1.807, 2.05) is 13.8 Å². The molecular formula is C14H26N2O3. The van der Waals surface area contributed by atoms with Gasteiger partial charge in [0.1, 0.15) is 6.54 Å². The van der Waals surface area contributed by atoms with Crippen molar-refractivity contribution in [3.05, 3.63) is 0 Å². The molecule has 5 nitrogen and oxygen atoms in total. The van der Waals surface area contributed by atoms with Crippen molar-refractivity contribution in [3.63, 3.8) is 0 Å². The van der Waals surface area contributed by atoms with Crippen LogP contribution in [-0.4, -0.2) is 40.5 Å². The minimum Gasteiger partial charge on any atom is -0.480 e. The molecule has 1 aliphatic rings. The van der Waals surface area contributed by atoms with Gasteiger partial charge in [-0.3, -0.25) is 9.59 Å². The van der Waals surface area contributed by atoms with E-state index in [4.69, 9.17) is 10.8 Å². The van der Waals surface area contributed by atoms with E-state index in [0.717, 1.165) is 38.5 Å². The third kappa shape index (κ3) is 4.49. The molecule has 5 heteroatoms. The van der Waals surface area contributed by atoms with Crippen LogP contribution in [0.2, 0.25) is 0 Å². The molecule has 0 radical (unpaired) electrons. The molecule has 19 heavy (non-hydrogen) atoms. The van der Waals surface area contributed by atoms with Gasteiger partial charge in [0.05, 0.1) is 5.92 Å². The quantitative estimate of drug-likeness (QED) is 0.743. The summed E-state index contributed by atoms with van der Waals surface area (Å²) in [4.78, 5) is 25.0. The highest BCUT2D eigenvalue weighted by atomic mass is 16.4. The molecule has 0 aromatic carbocycles. The lowest BCUT2D eigenvalue weighted by atomic mass is 9.93. The molecule has 1 rings (SSSR count). The van der Waals surface area contributed by atoms with Gasteiger partial charge in [0.15, 0.2) is 0 Å². The van der Waals surface area contributed by atoms with Gasteiger partial charge < -0.3 is 15.7 Å². The summed E-state index contributed by atoms with van der Waals surface area (Å²) in [5, 5.41) is 8.97. The van der Waals surface area contributed by atoms with Gasteiger partial charge in [-0.2, -0.15) is 0 Å². The lowest BCUT2D eigenvalue weighted by Gasteiger charge is -2.32. The predicted molar refractivity (Wildman–Crippen MR) is 73.7 cm³/mol. The minimum absolute atomic E-state index is 0.0564. The topological polar surface area (TPSA) is 83.6 Å². The number of hydrogen-bond donors (Lipinski definition) is 2. The number of carboxylic acids is 1. The molecule has 1 aliphatic carbocycles. The van der Waals surface area contributed by atoms with E-state index in [0.29, 0.717) is 0 Å². The Bertz CT molecular complexity index is 320. The van der Waals surface area contributed by atoms with Gasteiger partial charge in [0.25, 0.3) is 0 Å². The normalized spacial score (nSPS) is 25.4. The van der Waals surface area contributed by atoms with E-state index >= 15 is 0 Å². The predicted octanol–water partition coefficient (Wildman–Crippen LogP) is 1.61. The van der Waals surface area contributed by atoms with Gasteiger partial charge in [0.2, 0.25) is 5.91 Å². The third-order valence-electron chi connectivity index (χ3n) is 4.10. The second kappa shape index (κ2) is 7.48. The molecule has 0 aromatic rings. The second-order valence-corrected chi connectivity index (χ2v) is 5.53. The lowest BCUT2D eigenvalue weighted by Crippen LogP contribution is -2.49. The standard InChI is InChI=1S/C14H26N2O3/c1-3-10(2)16(9-13(17)18)14(19)11-7-5-4-6-8-12(11)15/h10-12H,3-9,15H2,1-2H3,(H,17,18). The van der Waals surface area contributed by atoms with Crippen LogP contribution in [0.1, 0.15) is 52.4 Å². The monoisotopic (exact) mass is 270 g/mol. The Morgan fingerprint density at radius 3 is 2.53 bits per heavy atom. The number of amides is 1. The number of nitrogens with zero attached hydrogens (tertiary/aromatic N) is 1. The molecule has 3 unspecified atom stereocenters. The minimum atomic E-state index is -0.962. The van der Waals surface area contributed by atoms with E-state index in [1.54, 1.807) is 0 Å². The molecule has 1 fully saturated rings. The molecule has 0 heterocycles. The van der Waals surface area contributed by atoms with Gasteiger partial charge in [0, 0.05) is 12.1 Å². The highest BCUT2D eigenvalue weighted by Crippen LogP contribution is 2.25. The van der Waals surface area contributed by atoms with Gasteiger partial charge in [-0.05, 0) is 26.2 Å². The van der Waals surface area contributed by atoms with E-state index < -0.39 is 5.97 Å². The first-order valence-corrected chi connectivity index (χ1v) is 7.25. The summed E-state index contributed by atoms with van der Waals surface area (Å²) in [6.07, 6.45) is 5.57. The van der Waals surface area contributed by atoms with Crippen molar-refractivity contribution in [1.29, 1.82) is 0 Å². The molecule has 1 amide bonds. The van der Waals surface area contributed by atoms with Crippen molar-refractivity contribution < 1.29 is 14.7 Å². The zero-order valence-corrected chi connectivity index (χ0v) is 12.0. The Labute approximate surface area is 115 Å². The van der Waals surface area contributed by atoms with Crippen LogP contribution in [0.4, 0.5) is 0 Å². The Morgan fingerprint density at radius 1 is 1.32 bits per heavy atom. The Hall–Kier alpha value is -1.10. The molecule has 110 valence electrons. The van der Waals surface area contributed by atoms with Gasteiger partial charge >= 0.3 is 5.97 Å². The third-order valence-corrected chi connectivity index (χ3v) is 4.10. The van der Waals surface area contributed by atoms with Gasteiger partial charge in [-0.25, -0.2) is 0 Å². The molecule has 3 N–H and O–H groups in total. The molecule has 0 aliphatic heterocycles. The van der Waals surface area contributed by atoms with Crippen LogP contribution in [0.25, 0.3) is 0 Å². The number of carbonyl (C=O) groups is 2. The summed E-state index contributed by atoms with van der Waals surface area (Å²) in [7, 11) is 0. The first-order valence-electron chi connectivity index (χ1n) is 7.25. The summed E-state index contributed by atoms with van der Waals surface area (Å²) >= 11 is 0. The Balaban J connectivity index is 2.81. The second-order valence-electron chi connectivity index (χ2n) is 5.53. The fourth-order valence-electron chi connectivity index (χ4n) is 2.67. The highest BCUT2D eigenvalue weighted by Gasteiger charge is 2.33. The molecule has 1 saturated carbocycles. The average molecular weight is 270 g/mol. The number of carbonyl (C=O) groups excluding carboxylic acids is 1. The fourth-order valence-corrected chi connectivity index (χ4v) is 2.67. The van der Waals surface area contributed by atoms with Crippen molar-refractivity contribution in [2.24, 2.45) is 11.7 Å². The van der Waals surface area contributed by atoms with Gasteiger partial charge in [-0.1, -0.05) is 26.2 Å². The van der Waals surface area contributed by atoms with E-state index in [-0.39, 0.29) is 30.5 Å². The molecular weight excluding hydrogens is 244 g/mol. The summed E-state index contributed by atoms with van der Waals surface area (Å²) < 4.78 is 0. The molecule has 0 bridgehead atoms. The lowest BCUT2D eigenvalue weighted by molar-refractivity contribution is -0.148. The molecule has 0 spiro atoms. The molecule has 3 atom stereocenters. The van der Waals surface area contributed by atoms with Crippen molar-refractivity contribution in [2.45, 2.75) is 64.5 Å². The van der Waals surface area contributed by atoms with Crippen molar-refractivity contribution in [2.75, 3.05) is 6.54 Å². The van der Waals surface area contributed by atoms with Crippen LogP contribution < -0.4 is 5.73 Å². The number of hydrogen-bond acceptors (Lipinski definition) is 3. The van der Waals surface area contributed by atoms with E-state index in [1.165, 1.54) is 4.90 Å². The summed E-state index contributed by atoms with van der Waals surface area (Å²) in [6.45, 7) is 3.62. The zero-order chi connectivity index (χ0) is 14.4. The first-order chi connectivity index (χ1) is 8.97. The largest absolute Gasteiger partial charge is 0.480 e. The van der Waals surface area contributed by atoms with E-state index in [9.17, 15) is 9.59 Å². The highest BCUT2D eigenvalue weighted by molar-refractivity contribution is 5.84. The summed E-state index contributed by atoms with van der Waals surface area (Å²) in [5.74, 6) is -1.25. The van der Waals surface area contributed by atoms with Crippen LogP contribution in [0.5, 0.6) is 0 Å². The number of rotatable bonds is 5. The van der Waals surface area contributed by atoms with Crippen LogP contribution >= 0.6 is 0 Å². The van der Waals surface area contributed by atoms with Crippen molar-refractivity contribution >= 4 is 11.9 Å². The number of nitrogens with two attached hydrogens (primary N) is 1.